The van der Waals surface area contributed by atoms with Crippen molar-refractivity contribution in [3.8, 4) is 5.88 Å². The average molecular weight is 154 g/mol. The van der Waals surface area contributed by atoms with Crippen LogP contribution in [-0.4, -0.2) is 15.1 Å². The van der Waals surface area contributed by atoms with Crippen LogP contribution in [-0.2, 0) is 0 Å². The van der Waals surface area contributed by atoms with Gasteiger partial charge in [0.1, 0.15) is 0 Å². The molecule has 5 heteroatoms. The molecule has 1 aromatic rings. The Balaban J connectivity index is 3.62. The van der Waals surface area contributed by atoms with Crippen LogP contribution in [0.3, 0.4) is 0 Å². The number of rotatable bonds is 1. The van der Waals surface area contributed by atoms with Crippen molar-refractivity contribution in [3.63, 3.8) is 0 Å². The van der Waals surface area contributed by atoms with Gasteiger partial charge in [-0.3, -0.25) is 14.8 Å². The maximum Gasteiger partial charge on any atom is 0.328 e. The zero-order valence-electron chi connectivity index (χ0n) is 5.55. The maximum absolute atomic E-state index is 10.8. The second-order valence-electron chi connectivity index (χ2n) is 1.87. The van der Waals surface area contributed by atoms with Crippen molar-refractivity contribution >= 4 is 6.08 Å². The molecule has 0 aliphatic rings. The van der Waals surface area contributed by atoms with Gasteiger partial charge in [0, 0.05) is 0 Å². The van der Waals surface area contributed by atoms with E-state index >= 15 is 0 Å². The van der Waals surface area contributed by atoms with Gasteiger partial charge < -0.3 is 5.11 Å². The normalized spacial score (nSPS) is 9.45. The van der Waals surface area contributed by atoms with E-state index in [0.29, 0.717) is 0 Å². The molecule has 0 amide bonds. The van der Waals surface area contributed by atoms with Crippen LogP contribution in [0.4, 0.5) is 0 Å². The zero-order chi connectivity index (χ0) is 8.43. The van der Waals surface area contributed by atoms with Gasteiger partial charge in [-0.15, -0.1) is 0 Å². The molecule has 1 rings (SSSR count). The van der Waals surface area contributed by atoms with Crippen LogP contribution in [0.5, 0.6) is 5.88 Å². The molecule has 3 N–H and O–H groups in total. The van der Waals surface area contributed by atoms with Gasteiger partial charge in [-0.25, -0.2) is 4.79 Å². The summed E-state index contributed by atoms with van der Waals surface area (Å²) in [5.41, 5.74) is -1.43. The Morgan fingerprint density at radius 3 is 2.45 bits per heavy atom. The molecule has 0 fully saturated rings. The largest absolute Gasteiger partial charge is 0.494 e. The van der Waals surface area contributed by atoms with Crippen LogP contribution in [0.1, 0.15) is 5.56 Å². The molecule has 5 nitrogen and oxygen atoms in total. The lowest BCUT2D eigenvalue weighted by Crippen LogP contribution is -2.23. The summed E-state index contributed by atoms with van der Waals surface area (Å²) in [4.78, 5) is 25.2. The first-order valence-corrected chi connectivity index (χ1v) is 2.83. The molecule has 1 aromatic heterocycles. The van der Waals surface area contributed by atoms with Gasteiger partial charge >= 0.3 is 5.69 Å². The third-order valence-corrected chi connectivity index (χ3v) is 1.16. The van der Waals surface area contributed by atoms with Gasteiger partial charge in [-0.05, 0) is 0 Å². The molecule has 0 aromatic carbocycles. The van der Waals surface area contributed by atoms with Crippen molar-refractivity contribution < 1.29 is 5.11 Å². The summed E-state index contributed by atoms with van der Waals surface area (Å²) in [6.07, 6.45) is 1.16. The fourth-order valence-corrected chi connectivity index (χ4v) is 0.673. The third kappa shape index (κ3) is 1.21. The first-order chi connectivity index (χ1) is 5.15. The van der Waals surface area contributed by atoms with Gasteiger partial charge in [-0.1, -0.05) is 12.7 Å². The summed E-state index contributed by atoms with van der Waals surface area (Å²) in [6, 6.07) is 0. The molecule has 58 valence electrons. The summed E-state index contributed by atoms with van der Waals surface area (Å²) >= 11 is 0. The molecular formula is C6H6N2O3. The Bertz CT molecular complexity index is 388. The lowest BCUT2D eigenvalue weighted by atomic mass is 10.3. The summed E-state index contributed by atoms with van der Waals surface area (Å²) in [5, 5.41) is 8.93. The fourth-order valence-electron chi connectivity index (χ4n) is 0.673. The number of aromatic amines is 2. The highest BCUT2D eigenvalue weighted by Gasteiger charge is 2.02. The van der Waals surface area contributed by atoms with Crippen LogP contribution >= 0.6 is 0 Å². The van der Waals surface area contributed by atoms with Gasteiger partial charge in [0.15, 0.2) is 0 Å². The highest BCUT2D eigenvalue weighted by atomic mass is 16.3. The van der Waals surface area contributed by atoms with E-state index in [1.165, 1.54) is 0 Å². The van der Waals surface area contributed by atoms with E-state index in [-0.39, 0.29) is 5.56 Å². The molecule has 0 bridgehead atoms. The van der Waals surface area contributed by atoms with Gasteiger partial charge in [-0.2, -0.15) is 0 Å². The van der Waals surface area contributed by atoms with E-state index in [1.807, 2.05) is 9.97 Å². The van der Waals surface area contributed by atoms with Gasteiger partial charge in [0.25, 0.3) is 5.56 Å². The number of hydrogen-bond donors (Lipinski definition) is 3. The van der Waals surface area contributed by atoms with Gasteiger partial charge in [0.05, 0.1) is 5.56 Å². The molecule has 0 unspecified atom stereocenters. The Labute approximate surface area is 61.0 Å². The maximum atomic E-state index is 10.8. The van der Waals surface area contributed by atoms with E-state index in [0.717, 1.165) is 6.08 Å². The zero-order valence-corrected chi connectivity index (χ0v) is 5.55. The second-order valence-corrected chi connectivity index (χ2v) is 1.87. The molecule has 0 aliphatic heterocycles. The number of aromatic hydroxyl groups is 1. The van der Waals surface area contributed by atoms with E-state index in [2.05, 4.69) is 6.58 Å². The topological polar surface area (TPSA) is 85.9 Å². The van der Waals surface area contributed by atoms with E-state index in [1.54, 1.807) is 0 Å². The van der Waals surface area contributed by atoms with Crippen molar-refractivity contribution in [3.05, 3.63) is 33.0 Å². The predicted octanol–water partition coefficient (Wildman–Crippen LogP) is -0.588. The Kier molecular flexibility index (Phi) is 1.63. The number of hydrogen-bond acceptors (Lipinski definition) is 3. The van der Waals surface area contributed by atoms with Crippen LogP contribution in [0.15, 0.2) is 16.2 Å². The summed E-state index contributed by atoms with van der Waals surface area (Å²) < 4.78 is 0. The van der Waals surface area contributed by atoms with E-state index < -0.39 is 17.1 Å². The minimum atomic E-state index is -0.738. The van der Waals surface area contributed by atoms with Crippen LogP contribution in [0.2, 0.25) is 0 Å². The van der Waals surface area contributed by atoms with Gasteiger partial charge in [0.2, 0.25) is 5.88 Å². The highest BCUT2D eigenvalue weighted by molar-refractivity contribution is 5.50. The molecule has 11 heavy (non-hydrogen) atoms. The van der Waals surface area contributed by atoms with Crippen molar-refractivity contribution in [2.75, 3.05) is 0 Å². The SMILES string of the molecule is C=Cc1c(O)[nH]c(=O)[nH]c1=O. The Hall–Kier alpha value is -1.78. The third-order valence-electron chi connectivity index (χ3n) is 1.16. The minimum Gasteiger partial charge on any atom is -0.494 e. The molecular weight excluding hydrogens is 148 g/mol. The first kappa shape index (κ1) is 7.33. The van der Waals surface area contributed by atoms with Crippen LogP contribution < -0.4 is 11.2 Å². The standard InChI is InChI=1S/C6H6N2O3/c1-2-3-4(9)7-6(11)8-5(3)10/h2H,1H2,(H3,7,8,9,10,11). The molecule has 0 saturated carbocycles. The molecule has 0 spiro atoms. The molecule has 0 radical (unpaired) electrons. The lowest BCUT2D eigenvalue weighted by molar-refractivity contribution is 0.447. The lowest BCUT2D eigenvalue weighted by Gasteiger charge is -1.93. The molecule has 1 heterocycles. The quantitative estimate of drug-likeness (QED) is 0.505. The Morgan fingerprint density at radius 1 is 1.36 bits per heavy atom. The monoisotopic (exact) mass is 154 g/mol. The van der Waals surface area contributed by atoms with Crippen molar-refractivity contribution in [2.45, 2.75) is 0 Å². The van der Waals surface area contributed by atoms with Crippen LogP contribution in [0.25, 0.3) is 6.08 Å². The van der Waals surface area contributed by atoms with Crippen molar-refractivity contribution in [2.24, 2.45) is 0 Å². The number of aromatic nitrogens is 2. The summed E-state index contributed by atoms with van der Waals surface area (Å²) in [6.45, 7) is 3.28. The summed E-state index contributed by atoms with van der Waals surface area (Å²) in [7, 11) is 0. The van der Waals surface area contributed by atoms with Crippen LogP contribution in [0, 0.1) is 0 Å². The van der Waals surface area contributed by atoms with Crippen molar-refractivity contribution in [1.82, 2.24) is 9.97 Å². The second kappa shape index (κ2) is 2.45. The predicted molar refractivity (Wildman–Crippen MR) is 39.4 cm³/mol. The molecule has 0 atom stereocenters. The number of nitrogens with one attached hydrogen (secondary N) is 2. The minimum absolute atomic E-state index is 0.0374. The van der Waals surface area contributed by atoms with E-state index in [4.69, 9.17) is 5.11 Å². The number of H-pyrrole nitrogens is 2. The molecule has 0 saturated heterocycles. The smallest absolute Gasteiger partial charge is 0.328 e. The average Bonchev–Trinajstić information content (AvgIpc) is 1.85. The fraction of sp³-hybridized carbons (Fsp3) is 0. The first-order valence-electron chi connectivity index (χ1n) is 2.83. The highest BCUT2D eigenvalue weighted by Crippen LogP contribution is 2.04. The van der Waals surface area contributed by atoms with Crippen molar-refractivity contribution in [1.29, 1.82) is 0 Å². The van der Waals surface area contributed by atoms with E-state index in [9.17, 15) is 9.59 Å². The Morgan fingerprint density at radius 2 is 2.00 bits per heavy atom. The molecule has 0 aliphatic carbocycles. The summed E-state index contributed by atoms with van der Waals surface area (Å²) in [5.74, 6) is -0.464.